The van der Waals surface area contributed by atoms with E-state index < -0.39 is 9.84 Å². The number of halogens is 1. The number of benzene rings is 2. The molecule has 0 unspecified atom stereocenters. The largest absolute Gasteiger partial charge is 0.487 e. The summed E-state index contributed by atoms with van der Waals surface area (Å²) < 4.78 is 28.4. The van der Waals surface area contributed by atoms with Gasteiger partial charge >= 0.3 is 0 Å². The maximum absolute atomic E-state index is 11.4. The average Bonchev–Trinajstić information content (AvgIpc) is 2.38. The van der Waals surface area contributed by atoms with Gasteiger partial charge in [-0.2, -0.15) is 0 Å². The lowest BCUT2D eigenvalue weighted by Crippen LogP contribution is -2.02. The number of rotatable bonds is 4. The Kier molecular flexibility index (Phi) is 4.20. The zero-order valence-corrected chi connectivity index (χ0v) is 12.4. The molecular formula is C14H14ClNO3S. The molecule has 0 amide bonds. The predicted molar refractivity (Wildman–Crippen MR) is 79.7 cm³/mol. The van der Waals surface area contributed by atoms with Crippen molar-refractivity contribution in [1.82, 2.24) is 0 Å². The summed E-state index contributed by atoms with van der Waals surface area (Å²) in [5.41, 5.74) is 7.03. The lowest BCUT2D eigenvalue weighted by molar-refractivity contribution is 0.308. The van der Waals surface area contributed by atoms with Gasteiger partial charge in [-0.05, 0) is 35.9 Å². The maximum atomic E-state index is 11.4. The molecule has 0 aliphatic heterocycles. The molecule has 0 saturated carbocycles. The van der Waals surface area contributed by atoms with Crippen molar-refractivity contribution in [2.45, 2.75) is 11.5 Å². The summed E-state index contributed by atoms with van der Waals surface area (Å²) in [6.07, 6.45) is 1.13. The summed E-state index contributed by atoms with van der Waals surface area (Å²) in [7, 11) is -3.26. The van der Waals surface area contributed by atoms with E-state index in [2.05, 4.69) is 0 Å². The number of hydrogen-bond donors (Lipinski definition) is 1. The Labute approximate surface area is 123 Å². The number of nitrogen functional groups attached to an aromatic ring is 1. The van der Waals surface area contributed by atoms with Gasteiger partial charge in [-0.3, -0.25) is 0 Å². The number of hydrogen-bond acceptors (Lipinski definition) is 4. The first-order valence-electron chi connectivity index (χ1n) is 5.83. The van der Waals surface area contributed by atoms with Crippen molar-refractivity contribution in [3.8, 4) is 5.75 Å². The van der Waals surface area contributed by atoms with E-state index in [-0.39, 0.29) is 4.90 Å². The zero-order chi connectivity index (χ0) is 14.8. The fourth-order valence-corrected chi connectivity index (χ4v) is 2.41. The molecule has 0 spiro atoms. The first-order chi connectivity index (χ1) is 9.36. The second-order valence-electron chi connectivity index (χ2n) is 4.39. The van der Waals surface area contributed by atoms with Crippen LogP contribution in [0.5, 0.6) is 5.75 Å². The summed E-state index contributed by atoms with van der Waals surface area (Å²) in [5.74, 6) is 0.451. The third kappa shape index (κ3) is 3.65. The monoisotopic (exact) mass is 311 g/mol. The van der Waals surface area contributed by atoms with E-state index in [0.717, 1.165) is 11.8 Å². The van der Waals surface area contributed by atoms with Gasteiger partial charge in [-0.25, -0.2) is 8.42 Å². The van der Waals surface area contributed by atoms with E-state index in [4.69, 9.17) is 22.1 Å². The lowest BCUT2D eigenvalue weighted by atomic mass is 10.2. The number of sulfone groups is 1. The van der Waals surface area contributed by atoms with Gasteiger partial charge in [0.2, 0.25) is 0 Å². The summed E-state index contributed by atoms with van der Waals surface area (Å²) in [6.45, 7) is 0.333. The molecule has 6 heteroatoms. The van der Waals surface area contributed by atoms with E-state index in [1.165, 1.54) is 12.1 Å². The van der Waals surface area contributed by atoms with E-state index in [1.807, 2.05) is 12.1 Å². The standard InChI is InChI=1S/C14H14ClNO3S/c1-20(17,18)12-6-7-14(13(16)8-12)19-9-10-2-4-11(15)5-3-10/h2-8H,9,16H2,1H3. The van der Waals surface area contributed by atoms with Gasteiger partial charge in [-0.15, -0.1) is 0 Å². The van der Waals surface area contributed by atoms with Gasteiger partial charge in [0, 0.05) is 11.3 Å². The van der Waals surface area contributed by atoms with Crippen LogP contribution in [0.2, 0.25) is 5.02 Å². The molecule has 0 aliphatic carbocycles. The molecule has 2 aromatic rings. The fraction of sp³-hybridized carbons (Fsp3) is 0.143. The first-order valence-corrected chi connectivity index (χ1v) is 8.10. The number of ether oxygens (including phenoxy) is 1. The van der Waals surface area contributed by atoms with Gasteiger partial charge in [0.15, 0.2) is 9.84 Å². The van der Waals surface area contributed by atoms with Gasteiger partial charge in [0.1, 0.15) is 12.4 Å². The van der Waals surface area contributed by atoms with E-state index in [1.54, 1.807) is 18.2 Å². The molecule has 0 saturated heterocycles. The van der Waals surface area contributed by atoms with Crippen LogP contribution in [0, 0.1) is 0 Å². The second-order valence-corrected chi connectivity index (χ2v) is 6.84. The second kappa shape index (κ2) is 5.73. The molecule has 0 aromatic heterocycles. The van der Waals surface area contributed by atoms with Crippen LogP contribution in [0.15, 0.2) is 47.4 Å². The minimum absolute atomic E-state index is 0.175. The minimum atomic E-state index is -3.26. The molecule has 0 atom stereocenters. The number of anilines is 1. The highest BCUT2D eigenvalue weighted by Crippen LogP contribution is 2.25. The van der Waals surface area contributed by atoms with E-state index in [0.29, 0.717) is 23.1 Å². The van der Waals surface area contributed by atoms with Crippen molar-refractivity contribution in [1.29, 1.82) is 0 Å². The number of nitrogens with two attached hydrogens (primary N) is 1. The summed E-state index contributed by atoms with van der Waals surface area (Å²) in [4.78, 5) is 0.175. The highest BCUT2D eigenvalue weighted by atomic mass is 35.5. The highest BCUT2D eigenvalue weighted by molar-refractivity contribution is 7.90. The molecule has 0 aliphatic rings. The van der Waals surface area contributed by atoms with Crippen LogP contribution in [-0.4, -0.2) is 14.7 Å². The Balaban J connectivity index is 2.12. The molecule has 2 aromatic carbocycles. The van der Waals surface area contributed by atoms with Crippen molar-refractivity contribution < 1.29 is 13.2 Å². The summed E-state index contributed by atoms with van der Waals surface area (Å²) in [6, 6.07) is 11.7. The molecule has 0 fully saturated rings. The molecule has 4 nitrogen and oxygen atoms in total. The van der Waals surface area contributed by atoms with Crippen LogP contribution in [0.4, 0.5) is 5.69 Å². The van der Waals surface area contributed by atoms with Gasteiger partial charge in [-0.1, -0.05) is 23.7 Å². The van der Waals surface area contributed by atoms with Crippen LogP contribution < -0.4 is 10.5 Å². The van der Waals surface area contributed by atoms with E-state index >= 15 is 0 Å². The zero-order valence-electron chi connectivity index (χ0n) is 10.8. The molecule has 106 valence electrons. The smallest absolute Gasteiger partial charge is 0.175 e. The van der Waals surface area contributed by atoms with E-state index in [9.17, 15) is 8.42 Å². The van der Waals surface area contributed by atoms with Crippen molar-refractivity contribution >= 4 is 27.1 Å². The van der Waals surface area contributed by atoms with Crippen molar-refractivity contribution in [3.63, 3.8) is 0 Å². The van der Waals surface area contributed by atoms with Crippen molar-refractivity contribution in [2.24, 2.45) is 0 Å². The highest BCUT2D eigenvalue weighted by Gasteiger charge is 2.10. The lowest BCUT2D eigenvalue weighted by Gasteiger charge is -2.10. The van der Waals surface area contributed by atoms with Crippen LogP contribution in [-0.2, 0) is 16.4 Å². The maximum Gasteiger partial charge on any atom is 0.175 e. The van der Waals surface area contributed by atoms with Crippen molar-refractivity contribution in [2.75, 3.05) is 12.0 Å². The van der Waals surface area contributed by atoms with Gasteiger partial charge in [0.05, 0.1) is 10.6 Å². The third-order valence-corrected chi connectivity index (χ3v) is 4.08. The Hall–Kier alpha value is -1.72. The first kappa shape index (κ1) is 14.7. The molecule has 0 radical (unpaired) electrons. The third-order valence-electron chi connectivity index (χ3n) is 2.72. The molecule has 2 N–H and O–H groups in total. The average molecular weight is 312 g/mol. The van der Waals surface area contributed by atoms with Crippen molar-refractivity contribution in [3.05, 3.63) is 53.1 Å². The minimum Gasteiger partial charge on any atom is -0.487 e. The quantitative estimate of drug-likeness (QED) is 0.881. The molecule has 0 heterocycles. The summed E-state index contributed by atoms with van der Waals surface area (Å²) in [5, 5.41) is 0.658. The van der Waals surface area contributed by atoms with Gasteiger partial charge in [0.25, 0.3) is 0 Å². The molecule has 20 heavy (non-hydrogen) atoms. The normalized spacial score (nSPS) is 11.3. The molecular weight excluding hydrogens is 298 g/mol. The van der Waals surface area contributed by atoms with Crippen LogP contribution >= 0.6 is 11.6 Å². The Morgan fingerprint density at radius 3 is 2.35 bits per heavy atom. The fourth-order valence-electron chi connectivity index (χ4n) is 1.63. The Morgan fingerprint density at radius 1 is 1.15 bits per heavy atom. The van der Waals surface area contributed by atoms with Crippen LogP contribution in [0.25, 0.3) is 0 Å². The Bertz CT molecular complexity index is 712. The topological polar surface area (TPSA) is 69.4 Å². The summed E-state index contributed by atoms with van der Waals surface area (Å²) >= 11 is 5.80. The molecule has 2 rings (SSSR count). The Morgan fingerprint density at radius 2 is 1.80 bits per heavy atom. The van der Waals surface area contributed by atoms with Crippen LogP contribution in [0.1, 0.15) is 5.56 Å². The van der Waals surface area contributed by atoms with Crippen LogP contribution in [0.3, 0.4) is 0 Å². The van der Waals surface area contributed by atoms with Gasteiger partial charge < -0.3 is 10.5 Å². The SMILES string of the molecule is CS(=O)(=O)c1ccc(OCc2ccc(Cl)cc2)c(N)c1. The molecule has 0 bridgehead atoms. The predicted octanol–water partition coefficient (Wildman–Crippen LogP) is 2.90.